The Morgan fingerprint density at radius 1 is 0.871 bits per heavy atom. The van der Waals surface area contributed by atoms with Crippen LogP contribution in [0.15, 0.2) is 95.5 Å². The molecule has 5 nitrogen and oxygen atoms in total. The van der Waals surface area contributed by atoms with Crippen LogP contribution in [0.1, 0.15) is 11.1 Å². The third kappa shape index (κ3) is 2.95. The Morgan fingerprint density at radius 3 is 2.52 bits per heavy atom. The van der Waals surface area contributed by atoms with Gasteiger partial charge in [-0.15, -0.1) is 0 Å². The van der Waals surface area contributed by atoms with Crippen molar-refractivity contribution in [2.45, 2.75) is 0 Å². The molecule has 148 valence electrons. The summed E-state index contributed by atoms with van der Waals surface area (Å²) >= 11 is 0. The third-order valence-electron chi connectivity index (χ3n) is 5.32. The zero-order valence-electron chi connectivity index (χ0n) is 16.4. The van der Waals surface area contributed by atoms with Crippen LogP contribution in [-0.4, -0.2) is 15.7 Å². The molecule has 5 heteroatoms. The third-order valence-corrected chi connectivity index (χ3v) is 5.32. The highest BCUT2D eigenvalue weighted by atomic mass is 16.5. The molecule has 0 unspecified atom stereocenters. The van der Waals surface area contributed by atoms with E-state index in [1.54, 1.807) is 10.7 Å². The van der Waals surface area contributed by atoms with Gasteiger partial charge in [0.05, 0.1) is 11.3 Å². The lowest BCUT2D eigenvalue weighted by Gasteiger charge is -1.98. The Balaban J connectivity index is 1.55. The molecule has 0 saturated heterocycles. The number of hydrogen-bond donors (Lipinski definition) is 0. The largest absolute Gasteiger partial charge is 0.454 e. The van der Waals surface area contributed by atoms with E-state index in [9.17, 15) is 4.79 Å². The summed E-state index contributed by atoms with van der Waals surface area (Å²) in [4.78, 5) is 12.6. The highest BCUT2D eigenvalue weighted by molar-refractivity contribution is 6.26. The molecule has 0 saturated carbocycles. The molecule has 0 bridgehead atoms. The average molecular weight is 404 g/mol. The topological polar surface area (TPSA) is 57.3 Å². The van der Waals surface area contributed by atoms with Crippen molar-refractivity contribution < 1.29 is 13.9 Å². The number of hydrogen-bond acceptors (Lipinski definition) is 4. The van der Waals surface area contributed by atoms with Crippen molar-refractivity contribution in [3.63, 3.8) is 0 Å². The van der Waals surface area contributed by atoms with Crippen LogP contribution in [0.25, 0.3) is 39.8 Å². The van der Waals surface area contributed by atoms with Crippen LogP contribution in [0.5, 0.6) is 5.75 Å². The molecule has 0 radical (unpaired) electrons. The molecule has 3 heterocycles. The molecule has 31 heavy (non-hydrogen) atoms. The molecule has 1 aliphatic heterocycles. The smallest absolute Gasteiger partial charge is 0.344 e. The molecule has 0 atom stereocenters. The van der Waals surface area contributed by atoms with E-state index >= 15 is 0 Å². The van der Waals surface area contributed by atoms with Gasteiger partial charge >= 0.3 is 5.97 Å². The maximum Gasteiger partial charge on any atom is 0.344 e. The van der Waals surface area contributed by atoms with Crippen LogP contribution in [0, 0.1) is 0 Å². The van der Waals surface area contributed by atoms with Crippen LogP contribution >= 0.6 is 0 Å². The minimum absolute atomic E-state index is 0.371. The molecule has 6 rings (SSSR count). The summed E-state index contributed by atoms with van der Waals surface area (Å²) in [6.07, 6.45) is 3.72. The lowest BCUT2D eigenvalue weighted by atomic mass is 10.0. The number of nitrogens with zero attached hydrogens (tertiary/aromatic N) is 2. The first-order valence-corrected chi connectivity index (χ1v) is 9.93. The van der Waals surface area contributed by atoms with Gasteiger partial charge in [-0.3, -0.25) is 0 Å². The van der Waals surface area contributed by atoms with Crippen molar-refractivity contribution in [2.24, 2.45) is 0 Å². The Labute approximate surface area is 177 Å². The van der Waals surface area contributed by atoms with Gasteiger partial charge in [0.2, 0.25) is 0 Å². The van der Waals surface area contributed by atoms with Gasteiger partial charge in [-0.05, 0) is 36.4 Å². The van der Waals surface area contributed by atoms with Crippen LogP contribution in [-0.2, 0) is 4.79 Å². The van der Waals surface area contributed by atoms with Gasteiger partial charge in [0, 0.05) is 22.7 Å². The highest BCUT2D eigenvalue weighted by Gasteiger charge is 2.27. The van der Waals surface area contributed by atoms with Gasteiger partial charge in [0.15, 0.2) is 5.76 Å². The van der Waals surface area contributed by atoms with Crippen molar-refractivity contribution in [2.75, 3.05) is 0 Å². The number of aromatic nitrogens is 2. The van der Waals surface area contributed by atoms with E-state index in [2.05, 4.69) is 0 Å². The van der Waals surface area contributed by atoms with Crippen LogP contribution in [0.3, 0.4) is 0 Å². The number of ether oxygens (including phenoxy) is 1. The molecular weight excluding hydrogens is 388 g/mol. The second-order valence-electron chi connectivity index (χ2n) is 7.31. The summed E-state index contributed by atoms with van der Waals surface area (Å²) in [5, 5.41) is 5.79. The zero-order valence-corrected chi connectivity index (χ0v) is 16.4. The van der Waals surface area contributed by atoms with Crippen molar-refractivity contribution in [3.05, 3.63) is 102 Å². The standard InChI is InChI=1S/C26H16N2O3/c29-26-21(20-11-5-7-13-23(20)31-26)14-18-16-28(19-9-2-1-3-10-19)27-25(18)24-15-17-8-4-6-12-22(17)30-24/h1-16H. The number of fused-ring (bicyclic) bond motifs is 2. The Morgan fingerprint density at radius 2 is 1.65 bits per heavy atom. The number of carbonyl (C=O) groups excluding carboxylic acids is 1. The van der Waals surface area contributed by atoms with Gasteiger partial charge in [-0.25, -0.2) is 9.48 Å². The Bertz CT molecular complexity index is 1440. The predicted molar refractivity (Wildman–Crippen MR) is 119 cm³/mol. The fraction of sp³-hybridized carbons (Fsp3) is 0. The lowest BCUT2D eigenvalue weighted by Crippen LogP contribution is -2.00. The average Bonchev–Trinajstić information content (AvgIpc) is 3.50. The first-order chi connectivity index (χ1) is 15.3. The quantitative estimate of drug-likeness (QED) is 0.218. The van der Waals surface area contributed by atoms with E-state index in [0.29, 0.717) is 22.8 Å². The summed E-state index contributed by atoms with van der Waals surface area (Å²) in [5.74, 6) is 0.839. The molecular formula is C26H16N2O3. The highest BCUT2D eigenvalue weighted by Crippen LogP contribution is 2.37. The van der Waals surface area contributed by atoms with Gasteiger partial charge in [0.1, 0.15) is 17.0 Å². The lowest BCUT2D eigenvalue weighted by molar-refractivity contribution is -0.126. The van der Waals surface area contributed by atoms with Gasteiger partial charge in [0.25, 0.3) is 0 Å². The molecule has 0 aliphatic carbocycles. The van der Waals surface area contributed by atoms with Crippen molar-refractivity contribution >= 4 is 28.6 Å². The van der Waals surface area contributed by atoms with Gasteiger partial charge in [-0.1, -0.05) is 54.6 Å². The van der Waals surface area contributed by atoms with E-state index in [-0.39, 0.29) is 5.97 Å². The summed E-state index contributed by atoms with van der Waals surface area (Å²) in [6.45, 7) is 0. The van der Waals surface area contributed by atoms with Crippen molar-refractivity contribution in [3.8, 4) is 22.9 Å². The van der Waals surface area contributed by atoms with Crippen molar-refractivity contribution in [1.29, 1.82) is 0 Å². The summed E-state index contributed by atoms with van der Waals surface area (Å²) in [5.41, 5.74) is 4.40. The van der Waals surface area contributed by atoms with Crippen LogP contribution in [0.4, 0.5) is 0 Å². The van der Waals surface area contributed by atoms with E-state index in [1.807, 2.05) is 91.1 Å². The van der Waals surface area contributed by atoms with Crippen LogP contribution < -0.4 is 4.74 Å². The molecule has 1 aliphatic rings. The molecule has 0 N–H and O–H groups in total. The number of furan rings is 1. The predicted octanol–water partition coefficient (Wildman–Crippen LogP) is 5.75. The number of benzene rings is 3. The van der Waals surface area contributed by atoms with E-state index in [4.69, 9.17) is 14.3 Å². The fourth-order valence-electron chi connectivity index (χ4n) is 3.83. The first-order valence-electron chi connectivity index (χ1n) is 9.93. The summed E-state index contributed by atoms with van der Waals surface area (Å²) < 4.78 is 13.3. The zero-order chi connectivity index (χ0) is 20.8. The second kappa shape index (κ2) is 6.85. The second-order valence-corrected chi connectivity index (χ2v) is 7.31. The summed E-state index contributed by atoms with van der Waals surface area (Å²) in [7, 11) is 0. The number of carbonyl (C=O) groups is 1. The van der Waals surface area contributed by atoms with E-state index in [0.717, 1.165) is 27.8 Å². The minimum atomic E-state index is -0.371. The molecule has 0 spiro atoms. The SMILES string of the molecule is O=C1Oc2ccccc2C1=Cc1cn(-c2ccccc2)nc1-c1cc2ccccc2o1. The maximum atomic E-state index is 12.6. The number of para-hydroxylation sites is 3. The van der Waals surface area contributed by atoms with Crippen molar-refractivity contribution in [1.82, 2.24) is 9.78 Å². The van der Waals surface area contributed by atoms with Gasteiger partial charge in [-0.2, -0.15) is 5.10 Å². The maximum absolute atomic E-state index is 12.6. The van der Waals surface area contributed by atoms with E-state index in [1.165, 1.54) is 0 Å². The Hall–Kier alpha value is -4.38. The normalized spacial score (nSPS) is 14.2. The van der Waals surface area contributed by atoms with E-state index < -0.39 is 0 Å². The molecule has 2 aromatic heterocycles. The number of rotatable bonds is 3. The molecule has 0 fully saturated rings. The number of esters is 1. The molecule has 3 aromatic carbocycles. The molecule has 5 aromatic rings. The minimum Gasteiger partial charge on any atom is -0.454 e. The summed E-state index contributed by atoms with van der Waals surface area (Å²) in [6, 6.07) is 27.1. The Kier molecular flexibility index (Phi) is 3.86. The fourth-order valence-corrected chi connectivity index (χ4v) is 3.83. The van der Waals surface area contributed by atoms with Crippen LogP contribution in [0.2, 0.25) is 0 Å². The monoisotopic (exact) mass is 404 g/mol. The molecule has 0 amide bonds. The van der Waals surface area contributed by atoms with Gasteiger partial charge < -0.3 is 9.15 Å². The first kappa shape index (κ1) is 17.5.